The molecule has 4 aliphatic rings. The number of ketones is 2. The zero-order valence-electron chi connectivity index (χ0n) is 25.4. The van der Waals surface area contributed by atoms with Crippen molar-refractivity contribution in [3.8, 4) is 11.5 Å². The van der Waals surface area contributed by atoms with Gasteiger partial charge in [0.25, 0.3) is 0 Å². The van der Waals surface area contributed by atoms with Crippen LogP contribution in [0.3, 0.4) is 0 Å². The van der Waals surface area contributed by atoms with Gasteiger partial charge in [-0.15, -0.1) is 0 Å². The number of benzene rings is 1. The Bertz CT molecular complexity index is 1210. The van der Waals surface area contributed by atoms with Crippen molar-refractivity contribution in [1.82, 2.24) is 4.90 Å². The van der Waals surface area contributed by atoms with Gasteiger partial charge < -0.3 is 14.4 Å². The molecule has 0 N–H and O–H groups in total. The molecule has 0 aromatic heterocycles. The summed E-state index contributed by atoms with van der Waals surface area (Å²) in [6.45, 7) is 15.1. The predicted molar refractivity (Wildman–Crippen MR) is 160 cm³/mol. The number of hydrogen-bond acceptors (Lipinski definition) is 5. The molecule has 1 aromatic rings. The van der Waals surface area contributed by atoms with Gasteiger partial charge in [-0.3, -0.25) is 9.59 Å². The molecular formula is C34H46ClNO4. The number of hydrogen-bond donors (Lipinski definition) is 0. The molecule has 5 nitrogen and oxygen atoms in total. The highest BCUT2D eigenvalue weighted by molar-refractivity contribution is 6.32. The molecule has 5 rings (SSSR count). The summed E-state index contributed by atoms with van der Waals surface area (Å²) in [6, 6.07) is 4.19. The Kier molecular flexibility index (Phi) is 7.93. The second-order valence-electron chi connectivity index (χ2n) is 14.1. The third kappa shape index (κ3) is 5.47. The fraction of sp³-hybridized carbons (Fsp3) is 0.647. The van der Waals surface area contributed by atoms with Crippen LogP contribution in [0.4, 0.5) is 0 Å². The Morgan fingerprint density at radius 3 is 1.95 bits per heavy atom. The zero-order valence-corrected chi connectivity index (χ0v) is 26.2. The van der Waals surface area contributed by atoms with Crippen molar-refractivity contribution < 1.29 is 19.1 Å². The van der Waals surface area contributed by atoms with Gasteiger partial charge in [-0.1, -0.05) is 58.6 Å². The largest absolute Gasteiger partial charge is 0.490 e. The minimum absolute atomic E-state index is 0.0748. The molecule has 0 amide bonds. The zero-order chi connectivity index (χ0) is 29.0. The molecule has 0 radical (unpaired) electrons. The van der Waals surface area contributed by atoms with E-state index in [1.54, 1.807) is 0 Å². The van der Waals surface area contributed by atoms with Gasteiger partial charge in [0.05, 0.1) is 17.7 Å². The normalized spacial score (nSPS) is 23.5. The highest BCUT2D eigenvalue weighted by Crippen LogP contribution is 2.56. The van der Waals surface area contributed by atoms with Crippen molar-refractivity contribution >= 4 is 23.2 Å². The summed E-state index contributed by atoms with van der Waals surface area (Å²) < 4.78 is 12.1. The Morgan fingerprint density at radius 1 is 0.900 bits per heavy atom. The number of nitrogens with zero attached hydrogens (tertiary/aromatic N) is 1. The molecule has 1 fully saturated rings. The Hall–Kier alpha value is -2.27. The van der Waals surface area contributed by atoms with E-state index < -0.39 is 5.92 Å². The number of carbonyl (C=O) groups excluding carboxylic acids is 2. The van der Waals surface area contributed by atoms with Crippen molar-refractivity contribution in [2.45, 2.75) is 124 Å². The van der Waals surface area contributed by atoms with E-state index in [9.17, 15) is 9.59 Å². The number of allylic oxidation sites excluding steroid dienone is 4. The van der Waals surface area contributed by atoms with Crippen LogP contribution in [0.1, 0.15) is 118 Å². The third-order valence-electron chi connectivity index (χ3n) is 8.91. The first-order chi connectivity index (χ1) is 18.8. The minimum atomic E-state index is -0.443. The first-order valence-electron chi connectivity index (χ1n) is 15.3. The van der Waals surface area contributed by atoms with E-state index in [1.807, 2.05) is 32.9 Å². The standard InChI is InChI=1S/C34H46ClNO4/c1-8-39-28-15-21(14-23(35)32(28)40-20(2)3)29-30-24(16-33(4,5)18-26(30)37)36(22-12-10-9-11-13-22)25-17-34(6,7)19-27(38)31(25)29/h14-15,20,22,29H,8-13,16-19H2,1-7H3. The minimum Gasteiger partial charge on any atom is -0.490 e. The maximum absolute atomic E-state index is 14.2. The van der Waals surface area contributed by atoms with Gasteiger partial charge in [0.15, 0.2) is 23.1 Å². The molecule has 0 saturated heterocycles. The van der Waals surface area contributed by atoms with Crippen molar-refractivity contribution in [3.63, 3.8) is 0 Å². The van der Waals surface area contributed by atoms with Gasteiger partial charge in [-0.2, -0.15) is 0 Å². The first-order valence-corrected chi connectivity index (χ1v) is 15.6. The van der Waals surface area contributed by atoms with E-state index >= 15 is 0 Å². The summed E-state index contributed by atoms with van der Waals surface area (Å²) in [6.07, 6.45) is 8.36. The highest BCUT2D eigenvalue weighted by Gasteiger charge is 2.50. The van der Waals surface area contributed by atoms with Crippen molar-refractivity contribution in [1.29, 1.82) is 0 Å². The first kappa shape index (κ1) is 29.2. The van der Waals surface area contributed by atoms with E-state index in [1.165, 1.54) is 19.3 Å². The van der Waals surface area contributed by atoms with Crippen LogP contribution in [0.25, 0.3) is 0 Å². The fourth-order valence-corrected chi connectivity index (χ4v) is 7.74. The molecule has 40 heavy (non-hydrogen) atoms. The van der Waals surface area contributed by atoms with Crippen molar-refractivity contribution in [2.75, 3.05) is 6.61 Å². The molecule has 0 spiro atoms. The SMILES string of the molecule is CCOc1cc(C2C3=C(CC(C)(C)CC3=O)N(C3CCCCC3)C3=C2C(=O)CC(C)(C)C3)cc(Cl)c1OC(C)C. The van der Waals surface area contributed by atoms with E-state index in [-0.39, 0.29) is 28.5 Å². The summed E-state index contributed by atoms with van der Waals surface area (Å²) in [5.74, 6) is 0.930. The predicted octanol–water partition coefficient (Wildman–Crippen LogP) is 8.54. The van der Waals surface area contributed by atoms with Gasteiger partial charge in [0, 0.05) is 47.3 Å². The Labute approximate surface area is 245 Å². The molecule has 6 heteroatoms. The van der Waals surface area contributed by atoms with E-state index in [2.05, 4.69) is 32.6 Å². The molecule has 1 aromatic carbocycles. The van der Waals surface area contributed by atoms with Gasteiger partial charge in [-0.05, 0) is 75.0 Å². The monoisotopic (exact) mass is 567 g/mol. The van der Waals surface area contributed by atoms with Gasteiger partial charge in [0.1, 0.15) is 0 Å². The van der Waals surface area contributed by atoms with E-state index in [0.717, 1.165) is 53.8 Å². The highest BCUT2D eigenvalue weighted by atomic mass is 35.5. The third-order valence-corrected chi connectivity index (χ3v) is 9.19. The quantitative estimate of drug-likeness (QED) is 0.344. The van der Waals surface area contributed by atoms with Crippen LogP contribution in [0.5, 0.6) is 11.5 Å². The van der Waals surface area contributed by atoms with Gasteiger partial charge >= 0.3 is 0 Å². The van der Waals surface area contributed by atoms with Crippen LogP contribution in [-0.4, -0.2) is 35.2 Å². The van der Waals surface area contributed by atoms with Crippen LogP contribution in [0, 0.1) is 10.8 Å². The molecule has 1 saturated carbocycles. The Balaban J connectivity index is 1.77. The number of rotatable bonds is 6. The summed E-state index contributed by atoms with van der Waals surface area (Å²) in [5, 5.41) is 0.445. The summed E-state index contributed by atoms with van der Waals surface area (Å²) >= 11 is 6.88. The van der Waals surface area contributed by atoms with Crippen LogP contribution < -0.4 is 9.47 Å². The molecular weight excluding hydrogens is 522 g/mol. The van der Waals surface area contributed by atoms with Crippen LogP contribution in [0.15, 0.2) is 34.7 Å². The lowest BCUT2D eigenvalue weighted by molar-refractivity contribution is -0.119. The van der Waals surface area contributed by atoms with Gasteiger partial charge in [-0.25, -0.2) is 0 Å². The lowest BCUT2D eigenvalue weighted by atomic mass is 9.63. The topological polar surface area (TPSA) is 55.8 Å². The van der Waals surface area contributed by atoms with E-state index in [0.29, 0.717) is 42.0 Å². The fourth-order valence-electron chi connectivity index (χ4n) is 7.48. The van der Waals surface area contributed by atoms with Crippen LogP contribution >= 0.6 is 11.6 Å². The molecule has 0 unspecified atom stereocenters. The average molecular weight is 568 g/mol. The second kappa shape index (κ2) is 10.9. The molecule has 0 atom stereocenters. The van der Waals surface area contributed by atoms with Crippen molar-refractivity contribution in [2.24, 2.45) is 10.8 Å². The number of ether oxygens (including phenoxy) is 2. The lowest BCUT2D eigenvalue weighted by Gasteiger charge is -2.52. The lowest BCUT2D eigenvalue weighted by Crippen LogP contribution is -2.48. The van der Waals surface area contributed by atoms with Gasteiger partial charge in [0.2, 0.25) is 0 Å². The van der Waals surface area contributed by atoms with Crippen LogP contribution in [0.2, 0.25) is 5.02 Å². The Morgan fingerprint density at radius 2 is 1.45 bits per heavy atom. The van der Waals surface area contributed by atoms with E-state index in [4.69, 9.17) is 21.1 Å². The van der Waals surface area contributed by atoms with Crippen molar-refractivity contribution in [3.05, 3.63) is 45.3 Å². The second-order valence-corrected chi connectivity index (χ2v) is 14.5. The molecule has 1 aliphatic heterocycles. The summed E-state index contributed by atoms with van der Waals surface area (Å²) in [5.41, 5.74) is 4.44. The smallest absolute Gasteiger partial charge is 0.180 e. The molecule has 3 aliphatic carbocycles. The number of Topliss-reactive ketones (excluding diaryl/α,β-unsaturated/α-hetero) is 2. The maximum atomic E-state index is 14.2. The molecule has 0 bridgehead atoms. The number of carbonyl (C=O) groups is 2. The molecule has 1 heterocycles. The van der Waals surface area contributed by atoms with Crippen LogP contribution in [-0.2, 0) is 9.59 Å². The number of halogens is 1. The summed E-state index contributed by atoms with van der Waals surface area (Å²) in [4.78, 5) is 30.8. The maximum Gasteiger partial charge on any atom is 0.180 e. The summed E-state index contributed by atoms with van der Waals surface area (Å²) in [7, 11) is 0. The average Bonchev–Trinajstić information content (AvgIpc) is 2.83. The molecule has 218 valence electrons.